The van der Waals surface area contributed by atoms with Gasteiger partial charge in [-0.1, -0.05) is 45.0 Å². The summed E-state index contributed by atoms with van der Waals surface area (Å²) in [6.45, 7) is 8.40. The number of amides is 2. The first-order valence-electron chi connectivity index (χ1n) is 9.27. The van der Waals surface area contributed by atoms with E-state index in [1.807, 2.05) is 17.0 Å². The van der Waals surface area contributed by atoms with Crippen molar-refractivity contribution in [3.05, 3.63) is 69.8 Å². The maximum absolute atomic E-state index is 12.8. The maximum Gasteiger partial charge on any atom is 0.254 e. The third kappa shape index (κ3) is 2.79. The summed E-state index contributed by atoms with van der Waals surface area (Å²) in [7, 11) is 0. The van der Waals surface area contributed by atoms with Gasteiger partial charge in [0.25, 0.3) is 11.8 Å². The Balaban J connectivity index is 1.51. The number of benzene rings is 2. The van der Waals surface area contributed by atoms with Crippen LogP contribution in [0, 0.1) is 0 Å². The molecule has 4 heteroatoms. The predicted octanol–water partition coefficient (Wildman–Crippen LogP) is 3.81. The molecule has 4 nitrogen and oxygen atoms in total. The molecule has 0 fully saturated rings. The molecular formula is C22H24N2O2. The lowest BCUT2D eigenvalue weighted by Gasteiger charge is -2.21. The molecule has 2 aliphatic rings. The fourth-order valence-corrected chi connectivity index (χ4v) is 3.88. The zero-order valence-electron chi connectivity index (χ0n) is 15.5. The Morgan fingerprint density at radius 1 is 0.962 bits per heavy atom. The first-order valence-corrected chi connectivity index (χ1v) is 9.27. The molecule has 26 heavy (non-hydrogen) atoms. The smallest absolute Gasteiger partial charge is 0.254 e. The van der Waals surface area contributed by atoms with Gasteiger partial charge in [-0.25, -0.2) is 0 Å². The zero-order valence-corrected chi connectivity index (χ0v) is 15.5. The van der Waals surface area contributed by atoms with E-state index >= 15 is 0 Å². The molecule has 2 heterocycles. The van der Waals surface area contributed by atoms with Gasteiger partial charge in [0.2, 0.25) is 0 Å². The number of nitrogens with zero attached hydrogens (tertiary/aromatic N) is 1. The number of hydrogen-bond acceptors (Lipinski definition) is 2. The van der Waals surface area contributed by atoms with Crippen LogP contribution in [0.4, 0.5) is 0 Å². The standard InChI is InChI=1S/C22H24N2O2/c1-13(2)15-4-5-17-12-24(22(26)20(17)9-15)11-14(3)16-6-7-19-18(8-16)10-23-21(19)25/h4-9,13-14H,10-12H2,1-3H3,(H,23,25). The summed E-state index contributed by atoms with van der Waals surface area (Å²) in [6.07, 6.45) is 0. The van der Waals surface area contributed by atoms with Gasteiger partial charge in [0.15, 0.2) is 0 Å². The van der Waals surface area contributed by atoms with Gasteiger partial charge in [-0.15, -0.1) is 0 Å². The fourth-order valence-electron chi connectivity index (χ4n) is 3.88. The van der Waals surface area contributed by atoms with Crippen LogP contribution in [0.2, 0.25) is 0 Å². The number of carbonyl (C=O) groups is 2. The molecule has 2 amide bonds. The minimum atomic E-state index is 0.00494. The Bertz CT molecular complexity index is 901. The van der Waals surface area contributed by atoms with Gasteiger partial charge in [-0.05, 0) is 46.2 Å². The number of rotatable bonds is 4. The summed E-state index contributed by atoms with van der Waals surface area (Å²) in [4.78, 5) is 26.5. The summed E-state index contributed by atoms with van der Waals surface area (Å²) in [5, 5.41) is 2.85. The molecule has 2 aromatic rings. The van der Waals surface area contributed by atoms with Crippen molar-refractivity contribution in [2.75, 3.05) is 6.54 Å². The van der Waals surface area contributed by atoms with Crippen molar-refractivity contribution in [2.24, 2.45) is 0 Å². The largest absolute Gasteiger partial charge is 0.348 e. The lowest BCUT2D eigenvalue weighted by molar-refractivity contribution is 0.0770. The summed E-state index contributed by atoms with van der Waals surface area (Å²) in [5.74, 6) is 0.778. The number of hydrogen-bond donors (Lipinski definition) is 1. The van der Waals surface area contributed by atoms with E-state index in [4.69, 9.17) is 0 Å². The van der Waals surface area contributed by atoms with Crippen molar-refractivity contribution < 1.29 is 9.59 Å². The second-order valence-electron chi connectivity index (χ2n) is 7.76. The van der Waals surface area contributed by atoms with E-state index in [9.17, 15) is 9.59 Å². The Hall–Kier alpha value is -2.62. The van der Waals surface area contributed by atoms with Gasteiger partial charge in [0, 0.05) is 30.8 Å². The van der Waals surface area contributed by atoms with Gasteiger partial charge < -0.3 is 10.2 Å². The van der Waals surface area contributed by atoms with Crippen LogP contribution >= 0.6 is 0 Å². The molecule has 134 valence electrons. The van der Waals surface area contributed by atoms with Crippen molar-refractivity contribution in [2.45, 2.75) is 45.7 Å². The molecule has 0 spiro atoms. The van der Waals surface area contributed by atoms with E-state index in [2.05, 4.69) is 50.4 Å². The molecule has 2 aromatic carbocycles. The molecule has 0 bridgehead atoms. The quantitative estimate of drug-likeness (QED) is 0.913. The van der Waals surface area contributed by atoms with Crippen LogP contribution in [0.15, 0.2) is 36.4 Å². The minimum Gasteiger partial charge on any atom is -0.348 e. The highest BCUT2D eigenvalue weighted by Crippen LogP contribution is 2.29. The normalized spacial score (nSPS) is 16.7. The van der Waals surface area contributed by atoms with Gasteiger partial charge in [-0.3, -0.25) is 9.59 Å². The SMILES string of the molecule is CC(C)c1ccc2c(c1)C(=O)N(CC(C)c1ccc3c(c1)CNC3=O)C2. The topological polar surface area (TPSA) is 49.4 Å². The van der Waals surface area contributed by atoms with Crippen LogP contribution in [-0.4, -0.2) is 23.3 Å². The number of fused-ring (bicyclic) bond motifs is 2. The van der Waals surface area contributed by atoms with Crippen molar-refractivity contribution in [1.29, 1.82) is 0 Å². The van der Waals surface area contributed by atoms with E-state index < -0.39 is 0 Å². The predicted molar refractivity (Wildman–Crippen MR) is 101 cm³/mol. The zero-order chi connectivity index (χ0) is 18.4. The van der Waals surface area contributed by atoms with Crippen LogP contribution in [0.5, 0.6) is 0 Å². The number of carbonyl (C=O) groups excluding carboxylic acids is 2. The van der Waals surface area contributed by atoms with Gasteiger partial charge in [0.05, 0.1) is 0 Å². The number of nitrogens with one attached hydrogen (secondary N) is 1. The molecule has 0 radical (unpaired) electrons. The molecule has 2 aliphatic heterocycles. The Morgan fingerprint density at radius 2 is 1.73 bits per heavy atom. The van der Waals surface area contributed by atoms with Crippen LogP contribution in [-0.2, 0) is 13.1 Å². The van der Waals surface area contributed by atoms with Crippen molar-refractivity contribution >= 4 is 11.8 Å². The molecule has 0 aromatic heterocycles. The van der Waals surface area contributed by atoms with Gasteiger partial charge >= 0.3 is 0 Å². The van der Waals surface area contributed by atoms with Crippen LogP contribution in [0.1, 0.15) is 75.6 Å². The highest BCUT2D eigenvalue weighted by atomic mass is 16.2. The first kappa shape index (κ1) is 16.8. The third-order valence-electron chi connectivity index (χ3n) is 5.56. The third-order valence-corrected chi connectivity index (χ3v) is 5.56. The average molecular weight is 348 g/mol. The fraction of sp³-hybridized carbons (Fsp3) is 0.364. The highest BCUT2D eigenvalue weighted by molar-refractivity contribution is 5.99. The first-order chi connectivity index (χ1) is 12.4. The van der Waals surface area contributed by atoms with E-state index in [-0.39, 0.29) is 17.7 Å². The molecule has 1 atom stereocenters. The molecular weight excluding hydrogens is 324 g/mol. The summed E-state index contributed by atoms with van der Waals surface area (Å²) >= 11 is 0. The van der Waals surface area contributed by atoms with E-state index in [0.717, 1.165) is 22.3 Å². The highest BCUT2D eigenvalue weighted by Gasteiger charge is 2.29. The summed E-state index contributed by atoms with van der Waals surface area (Å²) in [5.41, 5.74) is 6.18. The second-order valence-corrected chi connectivity index (χ2v) is 7.76. The van der Waals surface area contributed by atoms with E-state index in [0.29, 0.717) is 25.6 Å². The minimum absolute atomic E-state index is 0.00494. The molecule has 1 N–H and O–H groups in total. The summed E-state index contributed by atoms with van der Waals surface area (Å²) in [6, 6.07) is 12.3. The van der Waals surface area contributed by atoms with Crippen LogP contribution in [0.25, 0.3) is 0 Å². The molecule has 0 saturated carbocycles. The van der Waals surface area contributed by atoms with Crippen molar-refractivity contribution in [3.63, 3.8) is 0 Å². The maximum atomic E-state index is 12.8. The molecule has 4 rings (SSSR count). The Kier molecular flexibility index (Phi) is 4.06. The molecule has 1 unspecified atom stereocenters. The lowest BCUT2D eigenvalue weighted by atomic mass is 9.96. The van der Waals surface area contributed by atoms with Crippen molar-refractivity contribution in [3.8, 4) is 0 Å². The van der Waals surface area contributed by atoms with E-state index in [1.165, 1.54) is 11.1 Å². The monoisotopic (exact) mass is 348 g/mol. The molecule has 0 aliphatic carbocycles. The Labute approximate surface area is 154 Å². The van der Waals surface area contributed by atoms with Crippen LogP contribution < -0.4 is 5.32 Å². The average Bonchev–Trinajstić information content (AvgIpc) is 3.15. The van der Waals surface area contributed by atoms with Crippen LogP contribution in [0.3, 0.4) is 0 Å². The van der Waals surface area contributed by atoms with Gasteiger partial charge in [0.1, 0.15) is 0 Å². The lowest BCUT2D eigenvalue weighted by Crippen LogP contribution is -2.28. The van der Waals surface area contributed by atoms with Gasteiger partial charge in [-0.2, -0.15) is 0 Å². The summed E-state index contributed by atoms with van der Waals surface area (Å²) < 4.78 is 0. The van der Waals surface area contributed by atoms with Crippen molar-refractivity contribution in [1.82, 2.24) is 10.2 Å². The Morgan fingerprint density at radius 3 is 2.50 bits per heavy atom. The second kappa shape index (κ2) is 6.27. The van der Waals surface area contributed by atoms with E-state index in [1.54, 1.807) is 0 Å². The molecule has 0 saturated heterocycles.